The highest BCUT2D eigenvalue weighted by molar-refractivity contribution is 7.89. The molecule has 1 aliphatic heterocycles. The Balaban J connectivity index is 0.00000261. The zero-order valence-corrected chi connectivity index (χ0v) is 16.8. The summed E-state index contributed by atoms with van der Waals surface area (Å²) in [5, 5.41) is 3.10. The topological polar surface area (TPSA) is 92.5 Å². The van der Waals surface area contributed by atoms with Crippen molar-refractivity contribution in [3.8, 4) is 0 Å². The third-order valence-electron chi connectivity index (χ3n) is 5.57. The molecule has 0 radical (unpaired) electrons. The molecule has 1 saturated heterocycles. The van der Waals surface area contributed by atoms with Crippen molar-refractivity contribution in [3.63, 3.8) is 0 Å². The summed E-state index contributed by atoms with van der Waals surface area (Å²) in [4.78, 5) is 12.2. The Labute approximate surface area is 166 Å². The molecule has 2 fully saturated rings. The average molecular weight is 420 g/mol. The summed E-state index contributed by atoms with van der Waals surface area (Å²) in [6, 6.07) is 5.51. The summed E-state index contributed by atoms with van der Waals surface area (Å²) < 4.78 is 40.4. The highest BCUT2D eigenvalue weighted by atomic mass is 35.5. The van der Waals surface area contributed by atoms with E-state index in [0.29, 0.717) is 25.3 Å². The first-order valence-corrected chi connectivity index (χ1v) is 10.6. The molecule has 0 aromatic heterocycles. The second-order valence-electron chi connectivity index (χ2n) is 7.15. The van der Waals surface area contributed by atoms with Crippen LogP contribution in [0.2, 0.25) is 0 Å². The van der Waals surface area contributed by atoms with E-state index in [-0.39, 0.29) is 48.3 Å². The molecule has 27 heavy (non-hydrogen) atoms. The minimum atomic E-state index is -3.87. The summed E-state index contributed by atoms with van der Waals surface area (Å²) >= 11 is 0. The lowest BCUT2D eigenvalue weighted by molar-refractivity contribution is -0.127. The van der Waals surface area contributed by atoms with Crippen LogP contribution < -0.4 is 11.1 Å². The Kier molecular flexibility index (Phi) is 7.62. The van der Waals surface area contributed by atoms with Crippen LogP contribution in [0.5, 0.6) is 0 Å². The van der Waals surface area contributed by atoms with Gasteiger partial charge in [0.15, 0.2) is 0 Å². The zero-order chi connectivity index (χ0) is 18.7. The SMILES string of the molecule is Cl.NCC1CCCC1NC(=O)C1CCN(S(=O)(=O)c2ccccc2F)CC1. The van der Waals surface area contributed by atoms with Crippen LogP contribution in [0.1, 0.15) is 32.1 Å². The van der Waals surface area contributed by atoms with Gasteiger partial charge in [0.2, 0.25) is 15.9 Å². The number of amides is 1. The smallest absolute Gasteiger partial charge is 0.245 e. The molecule has 1 amide bonds. The number of benzene rings is 1. The fraction of sp³-hybridized carbons (Fsp3) is 0.611. The molecule has 6 nitrogen and oxygen atoms in total. The van der Waals surface area contributed by atoms with E-state index in [4.69, 9.17) is 5.73 Å². The zero-order valence-electron chi connectivity index (χ0n) is 15.1. The van der Waals surface area contributed by atoms with Gasteiger partial charge in [-0.15, -0.1) is 12.4 Å². The van der Waals surface area contributed by atoms with Crippen LogP contribution in [0.25, 0.3) is 0 Å². The average Bonchev–Trinajstić information content (AvgIpc) is 3.09. The van der Waals surface area contributed by atoms with Gasteiger partial charge in [-0.2, -0.15) is 4.31 Å². The van der Waals surface area contributed by atoms with Gasteiger partial charge in [-0.1, -0.05) is 18.6 Å². The van der Waals surface area contributed by atoms with E-state index in [1.54, 1.807) is 0 Å². The predicted molar refractivity (Wildman–Crippen MR) is 103 cm³/mol. The van der Waals surface area contributed by atoms with Crippen molar-refractivity contribution in [2.45, 2.75) is 43.0 Å². The van der Waals surface area contributed by atoms with Gasteiger partial charge in [0.05, 0.1) is 0 Å². The molecule has 2 aliphatic rings. The number of carbonyl (C=O) groups is 1. The molecule has 1 aliphatic carbocycles. The highest BCUT2D eigenvalue weighted by Gasteiger charge is 2.35. The number of rotatable bonds is 5. The number of hydrogen-bond donors (Lipinski definition) is 2. The normalized spacial score (nSPS) is 24.4. The molecule has 3 rings (SSSR count). The molecule has 1 aromatic rings. The molecular weight excluding hydrogens is 393 g/mol. The van der Waals surface area contributed by atoms with Crippen molar-refractivity contribution in [3.05, 3.63) is 30.1 Å². The van der Waals surface area contributed by atoms with Gasteiger partial charge in [-0.25, -0.2) is 12.8 Å². The molecule has 0 spiro atoms. The fourth-order valence-electron chi connectivity index (χ4n) is 3.96. The molecule has 3 N–H and O–H groups in total. The van der Waals surface area contributed by atoms with Crippen molar-refractivity contribution in [2.24, 2.45) is 17.6 Å². The fourth-order valence-corrected chi connectivity index (χ4v) is 5.50. The summed E-state index contributed by atoms with van der Waals surface area (Å²) in [5.41, 5.74) is 5.76. The minimum absolute atomic E-state index is 0. The summed E-state index contributed by atoms with van der Waals surface area (Å²) in [5.74, 6) is -0.638. The number of nitrogens with one attached hydrogen (secondary N) is 1. The maximum atomic E-state index is 13.9. The van der Waals surface area contributed by atoms with Crippen LogP contribution in [0.3, 0.4) is 0 Å². The summed E-state index contributed by atoms with van der Waals surface area (Å²) in [6.45, 7) is 1.02. The maximum Gasteiger partial charge on any atom is 0.245 e. The first-order valence-electron chi connectivity index (χ1n) is 9.18. The van der Waals surface area contributed by atoms with Crippen molar-refractivity contribution < 1.29 is 17.6 Å². The number of piperidine rings is 1. The van der Waals surface area contributed by atoms with Gasteiger partial charge in [0.1, 0.15) is 10.7 Å². The molecule has 1 aromatic carbocycles. The monoisotopic (exact) mass is 419 g/mol. The van der Waals surface area contributed by atoms with Crippen molar-refractivity contribution in [2.75, 3.05) is 19.6 Å². The third-order valence-corrected chi connectivity index (χ3v) is 7.50. The highest BCUT2D eigenvalue weighted by Crippen LogP contribution is 2.28. The first-order chi connectivity index (χ1) is 12.4. The van der Waals surface area contributed by atoms with E-state index in [1.807, 2.05) is 0 Å². The Bertz CT molecular complexity index is 754. The molecule has 9 heteroatoms. The number of nitrogens with zero attached hydrogens (tertiary/aromatic N) is 1. The molecule has 1 heterocycles. The van der Waals surface area contributed by atoms with Crippen molar-refractivity contribution >= 4 is 28.3 Å². The molecular formula is C18H27ClFN3O3S. The Morgan fingerprint density at radius 3 is 2.48 bits per heavy atom. The van der Waals surface area contributed by atoms with E-state index >= 15 is 0 Å². The van der Waals surface area contributed by atoms with Crippen LogP contribution in [-0.2, 0) is 14.8 Å². The molecule has 2 unspecified atom stereocenters. The Morgan fingerprint density at radius 1 is 1.19 bits per heavy atom. The standard InChI is InChI=1S/C18H26FN3O3S.ClH/c19-15-5-1-2-7-17(15)26(24,25)22-10-8-13(9-11-22)18(23)21-16-6-3-4-14(16)12-20;/h1-2,5,7,13-14,16H,3-4,6,8-12,20H2,(H,21,23);1H. The van der Waals surface area contributed by atoms with Crippen LogP contribution in [0.15, 0.2) is 29.2 Å². The Hall–Kier alpha value is -1.22. The van der Waals surface area contributed by atoms with Crippen LogP contribution in [0, 0.1) is 17.7 Å². The van der Waals surface area contributed by atoms with Crippen molar-refractivity contribution in [1.29, 1.82) is 0 Å². The molecule has 1 saturated carbocycles. The number of halogens is 2. The van der Waals surface area contributed by atoms with Gasteiger partial charge in [0, 0.05) is 25.0 Å². The van der Waals surface area contributed by atoms with E-state index in [2.05, 4.69) is 5.32 Å². The second kappa shape index (κ2) is 9.32. The van der Waals surface area contributed by atoms with Crippen LogP contribution in [0.4, 0.5) is 4.39 Å². The molecule has 152 valence electrons. The van der Waals surface area contributed by atoms with Crippen LogP contribution >= 0.6 is 12.4 Å². The van der Waals surface area contributed by atoms with Gasteiger partial charge < -0.3 is 11.1 Å². The van der Waals surface area contributed by atoms with Gasteiger partial charge in [-0.05, 0) is 50.3 Å². The lowest BCUT2D eigenvalue weighted by atomic mass is 9.95. The predicted octanol–water partition coefficient (Wildman–Crippen LogP) is 1.89. The van der Waals surface area contributed by atoms with Gasteiger partial charge >= 0.3 is 0 Å². The lowest BCUT2D eigenvalue weighted by Crippen LogP contribution is -2.47. The first kappa shape index (κ1) is 22.1. The van der Waals surface area contributed by atoms with Crippen LogP contribution in [-0.4, -0.2) is 44.3 Å². The van der Waals surface area contributed by atoms with E-state index in [9.17, 15) is 17.6 Å². The maximum absolute atomic E-state index is 13.9. The number of hydrogen-bond acceptors (Lipinski definition) is 4. The second-order valence-corrected chi connectivity index (χ2v) is 9.06. The Morgan fingerprint density at radius 2 is 1.85 bits per heavy atom. The molecule has 0 bridgehead atoms. The van der Waals surface area contributed by atoms with E-state index in [0.717, 1.165) is 25.3 Å². The number of carbonyl (C=O) groups excluding carboxylic acids is 1. The third kappa shape index (κ3) is 4.80. The van der Waals surface area contributed by atoms with Crippen molar-refractivity contribution in [1.82, 2.24) is 9.62 Å². The summed E-state index contributed by atoms with van der Waals surface area (Å²) in [6.07, 6.45) is 3.96. The largest absolute Gasteiger partial charge is 0.353 e. The number of nitrogens with two attached hydrogens (primary N) is 1. The van der Waals surface area contributed by atoms with Gasteiger partial charge in [-0.3, -0.25) is 4.79 Å². The quantitative estimate of drug-likeness (QED) is 0.762. The lowest BCUT2D eigenvalue weighted by Gasteiger charge is -2.31. The summed E-state index contributed by atoms with van der Waals surface area (Å²) in [7, 11) is -3.87. The van der Waals surface area contributed by atoms with Gasteiger partial charge in [0.25, 0.3) is 0 Å². The minimum Gasteiger partial charge on any atom is -0.353 e. The van der Waals surface area contributed by atoms with E-state index < -0.39 is 15.8 Å². The number of sulfonamides is 1. The van der Waals surface area contributed by atoms with E-state index in [1.165, 1.54) is 22.5 Å². The molecule has 2 atom stereocenters.